The average Bonchev–Trinajstić information content (AvgIpc) is 2.93. The van der Waals surface area contributed by atoms with E-state index in [9.17, 15) is 0 Å². The van der Waals surface area contributed by atoms with Gasteiger partial charge in [0.2, 0.25) is 0 Å². The van der Waals surface area contributed by atoms with E-state index in [0.29, 0.717) is 0 Å². The number of furan rings is 1. The molecule has 3 aromatic rings. The third-order valence-electron chi connectivity index (χ3n) is 4.79. The van der Waals surface area contributed by atoms with Gasteiger partial charge >= 0.3 is 7.12 Å². The SMILES string of the molecule is CC1(C)OB(c2cccc3c2oc2cccnc23)OC1(C)C. The van der Waals surface area contributed by atoms with Crippen molar-refractivity contribution in [3.8, 4) is 0 Å². The highest BCUT2D eigenvalue weighted by molar-refractivity contribution is 6.65. The summed E-state index contributed by atoms with van der Waals surface area (Å²) in [5.74, 6) is 0. The van der Waals surface area contributed by atoms with Crippen LogP contribution in [0.25, 0.3) is 22.1 Å². The van der Waals surface area contributed by atoms with E-state index in [-0.39, 0.29) is 11.2 Å². The fourth-order valence-electron chi connectivity index (χ4n) is 2.80. The standard InChI is InChI=1S/C17H18BNO3/c1-16(2)17(3,4)22-18(21-16)12-8-5-7-11-14-13(20-15(11)12)9-6-10-19-14/h5-10H,1-4H3. The smallest absolute Gasteiger partial charge is 0.455 e. The molecule has 5 heteroatoms. The van der Waals surface area contributed by atoms with Crippen LogP contribution in [0, 0.1) is 0 Å². The Morgan fingerprint density at radius 1 is 0.955 bits per heavy atom. The van der Waals surface area contributed by atoms with Crippen LogP contribution in [0.1, 0.15) is 27.7 Å². The van der Waals surface area contributed by atoms with Gasteiger partial charge in [0, 0.05) is 17.0 Å². The van der Waals surface area contributed by atoms with Crippen molar-refractivity contribution in [2.75, 3.05) is 0 Å². The molecule has 0 radical (unpaired) electrons. The molecule has 0 N–H and O–H groups in total. The van der Waals surface area contributed by atoms with Gasteiger partial charge in [0.05, 0.1) is 11.2 Å². The summed E-state index contributed by atoms with van der Waals surface area (Å²) in [6, 6.07) is 9.80. The summed E-state index contributed by atoms with van der Waals surface area (Å²) in [5, 5.41) is 0.989. The minimum atomic E-state index is -0.436. The zero-order valence-electron chi connectivity index (χ0n) is 13.2. The Hall–Kier alpha value is -1.85. The van der Waals surface area contributed by atoms with Gasteiger partial charge in [-0.3, -0.25) is 4.98 Å². The molecule has 2 aromatic heterocycles. The molecule has 0 saturated carbocycles. The third-order valence-corrected chi connectivity index (χ3v) is 4.79. The van der Waals surface area contributed by atoms with Crippen LogP contribution in [-0.4, -0.2) is 23.3 Å². The number of aromatic nitrogens is 1. The van der Waals surface area contributed by atoms with Crippen LogP contribution < -0.4 is 5.46 Å². The first kappa shape index (κ1) is 13.8. The normalized spacial score (nSPS) is 20.1. The second-order valence-electron chi connectivity index (χ2n) is 6.76. The van der Waals surface area contributed by atoms with Crippen molar-refractivity contribution >= 4 is 34.7 Å². The molecule has 4 rings (SSSR count). The topological polar surface area (TPSA) is 44.5 Å². The molecule has 1 aliphatic heterocycles. The fourth-order valence-corrected chi connectivity index (χ4v) is 2.80. The molecular formula is C17H18BNO3. The van der Waals surface area contributed by atoms with E-state index < -0.39 is 7.12 Å². The van der Waals surface area contributed by atoms with Crippen molar-refractivity contribution in [3.63, 3.8) is 0 Å². The minimum absolute atomic E-state index is 0.371. The molecular weight excluding hydrogens is 277 g/mol. The molecule has 0 unspecified atom stereocenters. The van der Waals surface area contributed by atoms with Gasteiger partial charge in [0.1, 0.15) is 11.1 Å². The second-order valence-corrected chi connectivity index (χ2v) is 6.76. The van der Waals surface area contributed by atoms with Gasteiger partial charge in [-0.05, 0) is 45.9 Å². The van der Waals surface area contributed by atoms with Crippen LogP contribution >= 0.6 is 0 Å². The van der Waals surface area contributed by atoms with Gasteiger partial charge in [-0.2, -0.15) is 0 Å². The number of rotatable bonds is 1. The van der Waals surface area contributed by atoms with Gasteiger partial charge in [0.25, 0.3) is 0 Å². The van der Waals surface area contributed by atoms with E-state index >= 15 is 0 Å². The largest absolute Gasteiger partial charge is 0.498 e. The first-order valence-electron chi connectivity index (χ1n) is 7.51. The zero-order chi connectivity index (χ0) is 15.5. The number of hydrogen-bond acceptors (Lipinski definition) is 4. The maximum atomic E-state index is 6.15. The first-order valence-corrected chi connectivity index (χ1v) is 7.51. The van der Waals surface area contributed by atoms with Crippen molar-refractivity contribution in [1.82, 2.24) is 4.98 Å². The zero-order valence-corrected chi connectivity index (χ0v) is 13.2. The van der Waals surface area contributed by atoms with E-state index in [1.54, 1.807) is 6.20 Å². The summed E-state index contributed by atoms with van der Waals surface area (Å²) < 4.78 is 18.3. The van der Waals surface area contributed by atoms with E-state index in [2.05, 4.69) is 4.98 Å². The lowest BCUT2D eigenvalue weighted by Crippen LogP contribution is -2.41. The van der Waals surface area contributed by atoms with E-state index in [0.717, 1.165) is 27.5 Å². The van der Waals surface area contributed by atoms with E-state index in [1.165, 1.54) is 0 Å². The Labute approximate surface area is 129 Å². The van der Waals surface area contributed by atoms with Crippen molar-refractivity contribution in [2.45, 2.75) is 38.9 Å². The summed E-state index contributed by atoms with van der Waals surface area (Å²) in [7, 11) is -0.436. The maximum Gasteiger partial charge on any atom is 0.498 e. The lowest BCUT2D eigenvalue weighted by molar-refractivity contribution is 0.00578. The van der Waals surface area contributed by atoms with Crippen LogP contribution in [0.15, 0.2) is 40.9 Å². The van der Waals surface area contributed by atoms with E-state index in [1.807, 2.05) is 58.0 Å². The lowest BCUT2D eigenvalue weighted by Gasteiger charge is -2.32. The Morgan fingerprint density at radius 3 is 2.41 bits per heavy atom. The quantitative estimate of drug-likeness (QED) is 0.646. The van der Waals surface area contributed by atoms with Gasteiger partial charge in [-0.1, -0.05) is 12.1 Å². The van der Waals surface area contributed by atoms with Gasteiger partial charge in [-0.25, -0.2) is 0 Å². The van der Waals surface area contributed by atoms with Gasteiger partial charge in [0.15, 0.2) is 5.58 Å². The molecule has 0 spiro atoms. The summed E-state index contributed by atoms with van der Waals surface area (Å²) >= 11 is 0. The fraction of sp³-hybridized carbons (Fsp3) is 0.353. The van der Waals surface area contributed by atoms with Crippen molar-refractivity contribution in [3.05, 3.63) is 36.5 Å². The van der Waals surface area contributed by atoms with Crippen LogP contribution in [-0.2, 0) is 9.31 Å². The van der Waals surface area contributed by atoms with Crippen LogP contribution in [0.2, 0.25) is 0 Å². The monoisotopic (exact) mass is 295 g/mol. The summed E-state index contributed by atoms with van der Waals surface area (Å²) in [6.45, 7) is 8.20. The van der Waals surface area contributed by atoms with Crippen molar-refractivity contribution < 1.29 is 13.7 Å². The van der Waals surface area contributed by atoms with Crippen molar-refractivity contribution in [2.24, 2.45) is 0 Å². The number of para-hydroxylation sites is 1. The molecule has 0 bridgehead atoms. The Bertz CT molecular complexity index is 853. The Kier molecular flexibility index (Phi) is 2.72. The highest BCUT2D eigenvalue weighted by Gasteiger charge is 2.52. The number of pyridine rings is 1. The molecule has 1 aromatic carbocycles. The lowest BCUT2D eigenvalue weighted by atomic mass is 9.78. The summed E-state index contributed by atoms with van der Waals surface area (Å²) in [4.78, 5) is 4.42. The molecule has 3 heterocycles. The molecule has 1 fully saturated rings. The second kappa shape index (κ2) is 4.34. The number of hydrogen-bond donors (Lipinski definition) is 0. The van der Waals surface area contributed by atoms with Gasteiger partial charge < -0.3 is 13.7 Å². The van der Waals surface area contributed by atoms with E-state index in [4.69, 9.17) is 13.7 Å². The Morgan fingerprint density at radius 2 is 1.68 bits per heavy atom. The predicted molar refractivity (Wildman–Crippen MR) is 87.2 cm³/mol. The molecule has 0 aliphatic carbocycles. The minimum Gasteiger partial charge on any atom is -0.455 e. The molecule has 112 valence electrons. The molecule has 1 saturated heterocycles. The molecule has 4 nitrogen and oxygen atoms in total. The Balaban J connectivity index is 1.90. The maximum absolute atomic E-state index is 6.15. The number of benzene rings is 1. The third kappa shape index (κ3) is 1.82. The van der Waals surface area contributed by atoms with Crippen LogP contribution in [0.5, 0.6) is 0 Å². The molecule has 1 aliphatic rings. The highest BCUT2D eigenvalue weighted by Crippen LogP contribution is 2.37. The summed E-state index contributed by atoms with van der Waals surface area (Å²) in [6.07, 6.45) is 1.78. The average molecular weight is 295 g/mol. The van der Waals surface area contributed by atoms with Crippen molar-refractivity contribution in [1.29, 1.82) is 0 Å². The molecule has 22 heavy (non-hydrogen) atoms. The number of nitrogens with zero attached hydrogens (tertiary/aromatic N) is 1. The highest BCUT2D eigenvalue weighted by atomic mass is 16.7. The van der Waals surface area contributed by atoms with Crippen LogP contribution in [0.4, 0.5) is 0 Å². The predicted octanol–water partition coefficient (Wildman–Crippen LogP) is 3.28. The van der Waals surface area contributed by atoms with Gasteiger partial charge in [-0.15, -0.1) is 0 Å². The van der Waals surface area contributed by atoms with Crippen LogP contribution in [0.3, 0.4) is 0 Å². The molecule has 0 amide bonds. The molecule has 0 atom stereocenters. The summed E-state index contributed by atoms with van der Waals surface area (Å²) in [5.41, 5.74) is 2.61. The number of fused-ring (bicyclic) bond motifs is 3. The first-order chi connectivity index (χ1) is 10.4.